The van der Waals surface area contributed by atoms with Crippen molar-refractivity contribution in [2.24, 2.45) is 0 Å². The van der Waals surface area contributed by atoms with Gasteiger partial charge in [0.2, 0.25) is 6.21 Å². The van der Waals surface area contributed by atoms with Crippen LogP contribution >= 0.6 is 33.2 Å². The Morgan fingerprint density at radius 3 is 2.00 bits per heavy atom. The molecule has 7 heavy (non-hydrogen) atoms. The van der Waals surface area contributed by atoms with Crippen LogP contribution in [0.4, 0.5) is 0 Å². The second-order valence-electron chi connectivity index (χ2n) is 1.34. The second-order valence-corrected chi connectivity index (χ2v) is 18.5. The summed E-state index contributed by atoms with van der Waals surface area (Å²) in [4.78, 5) is 0. The molecule has 0 unspecified atom stereocenters. The summed E-state index contributed by atoms with van der Waals surface area (Å²) < 4.78 is 0. The molecule has 0 aromatic carbocycles. The zero-order valence-corrected chi connectivity index (χ0v) is 8.73. The third kappa shape index (κ3) is 3.85. The maximum absolute atomic E-state index is 5.74. The second kappa shape index (κ2) is 3.35. The van der Waals surface area contributed by atoms with Crippen LogP contribution in [0.2, 0.25) is 6.04 Å². The highest BCUT2D eigenvalue weighted by molar-refractivity contribution is 7.73. The zero-order valence-electron chi connectivity index (χ0n) is 4.05. The first-order valence-electron chi connectivity index (χ1n) is 2.06. The van der Waals surface area contributed by atoms with Crippen LogP contribution in [0.15, 0.2) is 0 Å². The van der Waals surface area contributed by atoms with Crippen molar-refractivity contribution in [1.29, 1.82) is 0 Å². The lowest BCUT2D eigenvalue weighted by Crippen LogP contribution is -2.23. The largest absolute Gasteiger partial charge is 0.249 e. The summed E-state index contributed by atoms with van der Waals surface area (Å²) in [5, 5.41) is 0. The van der Waals surface area contributed by atoms with Crippen molar-refractivity contribution in [2.45, 2.75) is 13.0 Å². The highest BCUT2D eigenvalue weighted by Crippen LogP contribution is 2.18. The predicted molar refractivity (Wildman–Crippen MR) is 42.3 cm³/mol. The fourth-order valence-corrected chi connectivity index (χ4v) is 2.55. The van der Waals surface area contributed by atoms with Gasteiger partial charge in [-0.1, -0.05) is 6.92 Å². The molecule has 0 radical (unpaired) electrons. The monoisotopic (exact) mass is 192 g/mol. The van der Waals surface area contributed by atoms with Gasteiger partial charge in [0.25, 0.3) is 0 Å². The first-order chi connectivity index (χ1) is 3.12. The fraction of sp³-hybridized carbons (Fsp3) is 1.00. The van der Waals surface area contributed by atoms with Gasteiger partial charge in [-0.15, -0.1) is 22.2 Å². The lowest BCUT2D eigenvalue weighted by Gasteiger charge is -2.05. The van der Waals surface area contributed by atoms with Gasteiger partial charge >= 0.3 is 0 Å². The Balaban J connectivity index is 3.36. The third-order valence-electron chi connectivity index (χ3n) is 0.713. The SMILES string of the molecule is CC[Si](Cl)(Cl)[SiH2]Cl. The molecule has 0 N–H and O–H groups in total. The van der Waals surface area contributed by atoms with Crippen molar-refractivity contribution >= 4 is 47.8 Å². The molecule has 0 aromatic rings. The number of hydrogen-bond donors (Lipinski definition) is 0. The number of hydrogen-bond acceptors (Lipinski definition) is 0. The first-order valence-corrected chi connectivity index (χ1v) is 10.8. The smallest absolute Gasteiger partial charge is 0.176 e. The van der Waals surface area contributed by atoms with E-state index >= 15 is 0 Å². The van der Waals surface area contributed by atoms with Crippen LogP contribution in [0, 0.1) is 0 Å². The van der Waals surface area contributed by atoms with Crippen molar-refractivity contribution in [1.82, 2.24) is 0 Å². The minimum atomic E-state index is -1.80. The van der Waals surface area contributed by atoms with Crippen LogP contribution in [-0.4, -0.2) is 14.6 Å². The van der Waals surface area contributed by atoms with Crippen molar-refractivity contribution in [3.63, 3.8) is 0 Å². The summed E-state index contributed by atoms with van der Waals surface area (Å²) >= 11 is 17.0. The number of rotatable bonds is 2. The molecule has 0 saturated carbocycles. The average Bonchev–Trinajstić information content (AvgIpc) is 1.68. The van der Waals surface area contributed by atoms with Gasteiger partial charge in [0, 0.05) is 0 Å². The van der Waals surface area contributed by atoms with E-state index in [1.54, 1.807) is 0 Å². The minimum absolute atomic E-state index is 0.616. The van der Waals surface area contributed by atoms with Crippen molar-refractivity contribution in [3.05, 3.63) is 0 Å². The summed E-state index contributed by atoms with van der Waals surface area (Å²) in [5.41, 5.74) is 0. The highest BCUT2D eigenvalue weighted by atomic mass is 35.7. The van der Waals surface area contributed by atoms with E-state index in [-0.39, 0.29) is 0 Å². The average molecular weight is 194 g/mol. The molecule has 0 saturated heterocycles. The normalized spacial score (nSPS) is 13.7. The zero-order chi connectivity index (χ0) is 5.91. The first kappa shape index (κ1) is 8.30. The Hall–Kier alpha value is 1.30. The Bertz CT molecular complexity index is 48.9. The van der Waals surface area contributed by atoms with Crippen LogP contribution in [0.25, 0.3) is 0 Å². The molecule has 0 atom stereocenters. The summed E-state index contributed by atoms with van der Waals surface area (Å²) in [6.45, 7) is 1.99. The van der Waals surface area contributed by atoms with E-state index < -0.39 is 14.6 Å². The van der Waals surface area contributed by atoms with E-state index in [1.165, 1.54) is 0 Å². The molecule has 0 aliphatic rings. The lowest BCUT2D eigenvalue weighted by atomic mass is 11.0. The molecule has 0 bridgehead atoms. The molecule has 44 valence electrons. The Kier molecular flexibility index (Phi) is 3.98. The van der Waals surface area contributed by atoms with E-state index in [9.17, 15) is 0 Å². The molecule has 0 nitrogen and oxygen atoms in total. The van der Waals surface area contributed by atoms with Gasteiger partial charge in [0.15, 0.2) is 8.35 Å². The molecule has 0 heterocycles. The Morgan fingerprint density at radius 2 is 2.00 bits per heavy atom. The quantitative estimate of drug-likeness (QED) is 0.463. The topological polar surface area (TPSA) is 0 Å². The molecule has 0 spiro atoms. The van der Waals surface area contributed by atoms with Crippen LogP contribution in [0.1, 0.15) is 6.92 Å². The van der Waals surface area contributed by atoms with E-state index in [1.807, 2.05) is 6.92 Å². The molecule has 0 aliphatic heterocycles. The Labute approximate surface area is 60.9 Å². The summed E-state index contributed by atoms with van der Waals surface area (Å²) in [6.07, 6.45) is -1.80. The fourth-order valence-electron chi connectivity index (χ4n) is 0.0945. The van der Waals surface area contributed by atoms with Crippen LogP contribution in [-0.2, 0) is 0 Å². The van der Waals surface area contributed by atoms with Crippen LogP contribution in [0.5, 0.6) is 0 Å². The van der Waals surface area contributed by atoms with Crippen LogP contribution < -0.4 is 0 Å². The van der Waals surface area contributed by atoms with E-state index in [4.69, 9.17) is 33.2 Å². The van der Waals surface area contributed by atoms with Gasteiger partial charge in [-0.05, 0) is 6.04 Å². The standard InChI is InChI=1S/C2H7Cl3Si2/c1-2-7(4,5)6-3/h2,6H2,1H3. The van der Waals surface area contributed by atoms with Gasteiger partial charge in [-0.2, -0.15) is 11.1 Å². The summed E-state index contributed by atoms with van der Waals surface area (Å²) in [5.74, 6) is 0. The maximum atomic E-state index is 5.74. The molecule has 0 amide bonds. The molecule has 5 heteroatoms. The van der Waals surface area contributed by atoms with Gasteiger partial charge in [0.1, 0.15) is 0 Å². The summed E-state index contributed by atoms with van der Waals surface area (Å²) in [7, 11) is -0.616. The van der Waals surface area contributed by atoms with E-state index in [2.05, 4.69) is 0 Å². The van der Waals surface area contributed by atoms with Gasteiger partial charge < -0.3 is 0 Å². The van der Waals surface area contributed by atoms with Crippen molar-refractivity contribution in [3.8, 4) is 0 Å². The summed E-state index contributed by atoms with van der Waals surface area (Å²) in [6, 6.07) is 0.895. The maximum Gasteiger partial charge on any atom is 0.249 e. The van der Waals surface area contributed by atoms with Gasteiger partial charge in [0.05, 0.1) is 0 Å². The molecular formula is C2H7Cl3Si2. The van der Waals surface area contributed by atoms with E-state index in [0.717, 1.165) is 6.04 Å². The van der Waals surface area contributed by atoms with Crippen LogP contribution in [0.3, 0.4) is 0 Å². The van der Waals surface area contributed by atoms with Gasteiger partial charge in [-0.25, -0.2) is 0 Å². The number of halogens is 3. The Morgan fingerprint density at radius 1 is 1.57 bits per heavy atom. The van der Waals surface area contributed by atoms with Crippen molar-refractivity contribution in [2.75, 3.05) is 0 Å². The molecule has 0 fully saturated rings. The predicted octanol–water partition coefficient (Wildman–Crippen LogP) is 1.75. The van der Waals surface area contributed by atoms with Gasteiger partial charge in [-0.3, -0.25) is 0 Å². The van der Waals surface area contributed by atoms with E-state index in [0.29, 0.717) is 0 Å². The third-order valence-corrected chi connectivity index (χ3v) is 15.4. The minimum Gasteiger partial charge on any atom is -0.176 e. The van der Waals surface area contributed by atoms with Crippen molar-refractivity contribution < 1.29 is 0 Å². The molecule has 0 rings (SSSR count). The highest BCUT2D eigenvalue weighted by Gasteiger charge is 2.24. The molecular weight excluding hydrogens is 187 g/mol. The molecule has 0 aromatic heterocycles. The molecule has 0 aliphatic carbocycles. The lowest BCUT2D eigenvalue weighted by molar-refractivity contribution is 1.46.